The van der Waals surface area contributed by atoms with Crippen LogP contribution in [-0.2, 0) is 10.9 Å². The van der Waals surface area contributed by atoms with Crippen molar-refractivity contribution in [2.75, 3.05) is 23.0 Å². The van der Waals surface area contributed by atoms with Crippen molar-refractivity contribution in [3.05, 3.63) is 29.8 Å². The molecule has 1 fully saturated rings. The summed E-state index contributed by atoms with van der Waals surface area (Å²) in [6, 6.07) is 8.43. The Bertz CT molecular complexity index is 331. The highest BCUT2D eigenvalue weighted by Crippen LogP contribution is 2.24. The predicted octanol–water partition coefficient (Wildman–Crippen LogP) is 3.24. The fourth-order valence-corrected chi connectivity index (χ4v) is 5.22. The molecule has 1 saturated heterocycles. The number of hydrogen-bond donors (Lipinski definition) is 1. The highest BCUT2D eigenvalue weighted by Gasteiger charge is 2.27. The van der Waals surface area contributed by atoms with Gasteiger partial charge in [-0.05, 0) is 47.2 Å². The number of thioether (sulfide) groups is 1. The Hall–Kier alpha value is -0.120. The third-order valence-electron chi connectivity index (χ3n) is 3.09. The molecule has 1 unspecified atom stereocenters. The lowest BCUT2D eigenvalue weighted by Crippen LogP contribution is -2.16. The zero-order valence-corrected chi connectivity index (χ0v) is 12.0. The Morgan fingerprint density at radius 2 is 1.88 bits per heavy atom. The number of benzene rings is 1. The van der Waals surface area contributed by atoms with E-state index in [0.29, 0.717) is 10.9 Å². The van der Waals surface area contributed by atoms with Crippen LogP contribution in [0.4, 0.5) is 0 Å². The van der Waals surface area contributed by atoms with Crippen LogP contribution in [0.1, 0.15) is 31.4 Å². The zero-order valence-electron chi connectivity index (χ0n) is 10.4. The summed E-state index contributed by atoms with van der Waals surface area (Å²) in [5.41, 5.74) is 1.09. The second-order valence-corrected chi connectivity index (χ2v) is 8.12. The SMILES string of the molecule is CCSc1ccc(C(O)C[S+]2CCCC2)cc1. The first-order valence-corrected chi connectivity index (χ1v) is 9.06. The van der Waals surface area contributed by atoms with Crippen molar-refractivity contribution in [1.29, 1.82) is 0 Å². The first kappa shape index (κ1) is 13.3. The molecule has 1 aliphatic rings. The van der Waals surface area contributed by atoms with Crippen molar-refractivity contribution in [2.45, 2.75) is 30.8 Å². The normalized spacial score (nSPS) is 18.5. The average Bonchev–Trinajstić information content (AvgIpc) is 2.83. The Morgan fingerprint density at radius 3 is 2.47 bits per heavy atom. The van der Waals surface area contributed by atoms with E-state index in [0.717, 1.165) is 17.1 Å². The number of hydrogen-bond acceptors (Lipinski definition) is 2. The quantitative estimate of drug-likeness (QED) is 0.654. The van der Waals surface area contributed by atoms with E-state index in [1.807, 2.05) is 11.8 Å². The molecule has 1 N–H and O–H groups in total. The van der Waals surface area contributed by atoms with Gasteiger partial charge in [0, 0.05) is 4.90 Å². The van der Waals surface area contributed by atoms with Crippen LogP contribution in [0.5, 0.6) is 0 Å². The van der Waals surface area contributed by atoms with Gasteiger partial charge in [0.25, 0.3) is 0 Å². The molecule has 94 valence electrons. The largest absolute Gasteiger partial charge is 0.383 e. The fraction of sp³-hybridized carbons (Fsp3) is 0.571. The van der Waals surface area contributed by atoms with Crippen LogP contribution >= 0.6 is 11.8 Å². The lowest BCUT2D eigenvalue weighted by atomic mass is 10.1. The highest BCUT2D eigenvalue weighted by molar-refractivity contribution is 7.99. The van der Waals surface area contributed by atoms with Crippen LogP contribution in [0, 0.1) is 0 Å². The predicted molar refractivity (Wildman–Crippen MR) is 79.0 cm³/mol. The van der Waals surface area contributed by atoms with Crippen molar-refractivity contribution >= 4 is 22.7 Å². The van der Waals surface area contributed by atoms with E-state index in [-0.39, 0.29) is 6.10 Å². The van der Waals surface area contributed by atoms with E-state index in [2.05, 4.69) is 31.2 Å². The van der Waals surface area contributed by atoms with Crippen molar-refractivity contribution in [2.24, 2.45) is 0 Å². The Morgan fingerprint density at radius 1 is 1.24 bits per heavy atom. The van der Waals surface area contributed by atoms with E-state index >= 15 is 0 Å². The van der Waals surface area contributed by atoms with E-state index in [4.69, 9.17) is 0 Å². The van der Waals surface area contributed by atoms with Gasteiger partial charge in [-0.1, -0.05) is 19.1 Å². The van der Waals surface area contributed by atoms with E-state index in [1.165, 1.54) is 29.2 Å². The van der Waals surface area contributed by atoms with Crippen LogP contribution in [0.25, 0.3) is 0 Å². The van der Waals surface area contributed by atoms with E-state index in [9.17, 15) is 5.11 Å². The number of aliphatic hydroxyl groups excluding tert-OH is 1. The maximum atomic E-state index is 10.2. The summed E-state index contributed by atoms with van der Waals surface area (Å²) < 4.78 is 0. The molecule has 0 aromatic heterocycles. The third kappa shape index (κ3) is 3.94. The second kappa shape index (κ2) is 6.72. The molecule has 0 bridgehead atoms. The summed E-state index contributed by atoms with van der Waals surface area (Å²) in [7, 11) is 0.478. The first-order chi connectivity index (χ1) is 8.29. The topological polar surface area (TPSA) is 20.2 Å². The van der Waals surface area contributed by atoms with Gasteiger partial charge in [-0.15, -0.1) is 11.8 Å². The van der Waals surface area contributed by atoms with Crippen LogP contribution in [-0.4, -0.2) is 28.1 Å². The molecule has 1 atom stereocenters. The molecule has 1 aromatic carbocycles. The monoisotopic (exact) mass is 269 g/mol. The van der Waals surface area contributed by atoms with Gasteiger partial charge in [-0.2, -0.15) is 0 Å². The second-order valence-electron chi connectivity index (χ2n) is 4.41. The molecule has 1 heterocycles. The smallest absolute Gasteiger partial charge is 0.138 e. The summed E-state index contributed by atoms with van der Waals surface area (Å²) in [6.45, 7) is 2.16. The molecule has 1 aliphatic heterocycles. The summed E-state index contributed by atoms with van der Waals surface area (Å²) in [6.07, 6.45) is 2.47. The molecule has 0 saturated carbocycles. The molecular weight excluding hydrogens is 248 g/mol. The van der Waals surface area contributed by atoms with E-state index in [1.54, 1.807) is 0 Å². The number of aliphatic hydroxyl groups is 1. The van der Waals surface area contributed by atoms with Gasteiger partial charge in [0.2, 0.25) is 0 Å². The molecule has 1 nitrogen and oxygen atoms in total. The van der Waals surface area contributed by atoms with Crippen LogP contribution in [0.3, 0.4) is 0 Å². The van der Waals surface area contributed by atoms with Gasteiger partial charge < -0.3 is 5.11 Å². The van der Waals surface area contributed by atoms with Crippen LogP contribution in [0.2, 0.25) is 0 Å². The van der Waals surface area contributed by atoms with Crippen molar-refractivity contribution in [3.63, 3.8) is 0 Å². The van der Waals surface area contributed by atoms with Crippen LogP contribution in [0.15, 0.2) is 29.2 Å². The molecular formula is C14H21OS2+. The Kier molecular flexibility index (Phi) is 5.26. The van der Waals surface area contributed by atoms with Crippen LogP contribution < -0.4 is 0 Å². The van der Waals surface area contributed by atoms with Gasteiger partial charge in [-0.25, -0.2) is 0 Å². The number of rotatable bonds is 5. The molecule has 2 rings (SSSR count). The van der Waals surface area contributed by atoms with Gasteiger partial charge >= 0.3 is 0 Å². The molecule has 1 aromatic rings. The fourth-order valence-electron chi connectivity index (χ4n) is 2.15. The van der Waals surface area contributed by atoms with Gasteiger partial charge in [0.05, 0.1) is 0 Å². The molecule has 17 heavy (non-hydrogen) atoms. The average molecular weight is 269 g/mol. The van der Waals surface area contributed by atoms with Crippen molar-refractivity contribution in [1.82, 2.24) is 0 Å². The highest BCUT2D eigenvalue weighted by atomic mass is 32.2. The Labute approximate surface area is 111 Å². The standard InChI is InChI=1S/C14H21OS2/c1-2-16-13-7-5-12(6-8-13)14(15)11-17-9-3-4-10-17/h5-8,14-15H,2-4,9-11H2,1H3/q+1. The molecule has 0 radical (unpaired) electrons. The van der Waals surface area contributed by atoms with Crippen molar-refractivity contribution < 1.29 is 5.11 Å². The lowest BCUT2D eigenvalue weighted by molar-refractivity contribution is 0.203. The summed E-state index contributed by atoms with van der Waals surface area (Å²) in [5.74, 6) is 4.74. The van der Waals surface area contributed by atoms with Gasteiger partial charge in [-0.3, -0.25) is 0 Å². The van der Waals surface area contributed by atoms with Gasteiger partial charge in [0.15, 0.2) is 0 Å². The maximum Gasteiger partial charge on any atom is 0.138 e. The summed E-state index contributed by atoms with van der Waals surface area (Å²) in [4.78, 5) is 1.30. The lowest BCUT2D eigenvalue weighted by Gasteiger charge is -2.10. The first-order valence-electron chi connectivity index (χ1n) is 6.34. The minimum absolute atomic E-state index is 0.253. The molecule has 0 aliphatic carbocycles. The van der Waals surface area contributed by atoms with Crippen molar-refractivity contribution in [3.8, 4) is 0 Å². The Balaban J connectivity index is 1.91. The molecule has 0 amide bonds. The summed E-state index contributed by atoms with van der Waals surface area (Å²) in [5, 5.41) is 10.2. The zero-order chi connectivity index (χ0) is 12.1. The minimum Gasteiger partial charge on any atom is -0.383 e. The molecule has 3 heteroatoms. The van der Waals surface area contributed by atoms with Gasteiger partial charge in [0.1, 0.15) is 23.4 Å². The van der Waals surface area contributed by atoms with E-state index < -0.39 is 0 Å². The minimum atomic E-state index is -0.253. The maximum absolute atomic E-state index is 10.2. The third-order valence-corrected chi connectivity index (χ3v) is 6.50. The summed E-state index contributed by atoms with van der Waals surface area (Å²) >= 11 is 1.85. The molecule has 0 spiro atoms.